The van der Waals surface area contributed by atoms with E-state index in [-0.39, 0.29) is 5.82 Å². The number of aromatic nitrogens is 2. The van der Waals surface area contributed by atoms with Crippen LogP contribution in [0.1, 0.15) is 31.3 Å². The van der Waals surface area contributed by atoms with E-state index in [9.17, 15) is 4.79 Å². The van der Waals surface area contributed by atoms with E-state index in [1.165, 1.54) is 6.33 Å². The van der Waals surface area contributed by atoms with Gasteiger partial charge >= 0.3 is 5.97 Å². The molecule has 1 aromatic rings. The molecule has 0 fully saturated rings. The van der Waals surface area contributed by atoms with Crippen LogP contribution in [0.25, 0.3) is 0 Å². The van der Waals surface area contributed by atoms with Gasteiger partial charge in [-0.05, 0) is 20.8 Å². The molecule has 0 aliphatic heterocycles. The molecule has 1 aromatic heterocycles. The number of ether oxygens (including phenoxy) is 1. The fourth-order valence-corrected chi connectivity index (χ4v) is 1.02. The Hall–Kier alpha value is -1.52. The molecule has 0 aliphatic carbocycles. The first-order valence-corrected chi connectivity index (χ1v) is 4.31. The molecule has 0 aliphatic rings. The van der Waals surface area contributed by atoms with Gasteiger partial charge in [0.2, 0.25) is 0 Å². The molecule has 5 heteroatoms. The highest BCUT2D eigenvalue weighted by Crippen LogP contribution is 2.15. The van der Waals surface area contributed by atoms with E-state index in [4.69, 9.17) is 10.5 Å². The largest absolute Gasteiger partial charge is 0.455 e. The van der Waals surface area contributed by atoms with Crippen LogP contribution >= 0.6 is 0 Å². The highest BCUT2D eigenvalue weighted by Gasteiger charge is 2.22. The first kappa shape index (κ1) is 10.6. The molecule has 0 saturated heterocycles. The zero-order chi connectivity index (χ0) is 10.9. The number of nitrogens with two attached hydrogens (primary N) is 1. The lowest BCUT2D eigenvalue weighted by Crippen LogP contribution is -2.25. The number of rotatable bonds is 1. The highest BCUT2D eigenvalue weighted by molar-refractivity contribution is 5.92. The minimum atomic E-state index is -0.520. The molecule has 0 aromatic carbocycles. The molecule has 0 radical (unpaired) electrons. The zero-order valence-corrected chi connectivity index (χ0v) is 8.87. The van der Waals surface area contributed by atoms with Crippen LogP contribution in [0.15, 0.2) is 6.33 Å². The van der Waals surface area contributed by atoms with Crippen molar-refractivity contribution in [3.63, 3.8) is 0 Å². The van der Waals surface area contributed by atoms with Gasteiger partial charge in [0, 0.05) is 7.05 Å². The number of nitrogens with zero attached hydrogens (tertiary/aromatic N) is 2. The van der Waals surface area contributed by atoms with Gasteiger partial charge in [0.05, 0.1) is 6.33 Å². The quantitative estimate of drug-likeness (QED) is 0.681. The van der Waals surface area contributed by atoms with E-state index in [0.29, 0.717) is 5.69 Å². The van der Waals surface area contributed by atoms with Gasteiger partial charge in [-0.1, -0.05) is 0 Å². The van der Waals surface area contributed by atoms with E-state index in [0.717, 1.165) is 0 Å². The highest BCUT2D eigenvalue weighted by atomic mass is 16.6. The average molecular weight is 197 g/mol. The second kappa shape index (κ2) is 3.32. The van der Waals surface area contributed by atoms with E-state index >= 15 is 0 Å². The molecule has 14 heavy (non-hydrogen) atoms. The molecule has 78 valence electrons. The summed E-state index contributed by atoms with van der Waals surface area (Å²) in [5.41, 5.74) is 5.30. The maximum Gasteiger partial charge on any atom is 0.359 e. The molecule has 2 N–H and O–H groups in total. The van der Waals surface area contributed by atoms with E-state index in [1.807, 2.05) is 0 Å². The fraction of sp³-hybridized carbons (Fsp3) is 0.556. The summed E-state index contributed by atoms with van der Waals surface area (Å²) in [7, 11) is 1.70. The van der Waals surface area contributed by atoms with Crippen molar-refractivity contribution in [2.24, 2.45) is 7.05 Å². The normalized spacial score (nSPS) is 11.4. The summed E-state index contributed by atoms with van der Waals surface area (Å²) < 4.78 is 6.71. The summed E-state index contributed by atoms with van der Waals surface area (Å²) in [5.74, 6) is -0.253. The number of hydrogen-bond acceptors (Lipinski definition) is 4. The Labute approximate surface area is 82.9 Å². The third kappa shape index (κ3) is 2.25. The van der Waals surface area contributed by atoms with Gasteiger partial charge in [-0.15, -0.1) is 0 Å². The van der Waals surface area contributed by atoms with Crippen molar-refractivity contribution < 1.29 is 9.53 Å². The summed E-state index contributed by atoms with van der Waals surface area (Å²) in [4.78, 5) is 15.4. The Morgan fingerprint density at radius 1 is 1.57 bits per heavy atom. The van der Waals surface area contributed by atoms with Crippen LogP contribution in [-0.4, -0.2) is 21.1 Å². The fourth-order valence-electron chi connectivity index (χ4n) is 1.02. The second-order valence-electron chi connectivity index (χ2n) is 4.09. The number of carbonyl (C=O) groups excluding carboxylic acids is 1. The van der Waals surface area contributed by atoms with Crippen molar-refractivity contribution in [3.05, 3.63) is 12.0 Å². The molecule has 0 unspecified atom stereocenters. The summed E-state index contributed by atoms with van der Waals surface area (Å²) >= 11 is 0. The lowest BCUT2D eigenvalue weighted by Gasteiger charge is -2.19. The van der Waals surface area contributed by atoms with Crippen molar-refractivity contribution in [2.75, 3.05) is 5.73 Å². The minimum Gasteiger partial charge on any atom is -0.455 e. The van der Waals surface area contributed by atoms with Crippen molar-refractivity contribution in [3.8, 4) is 0 Å². The van der Waals surface area contributed by atoms with Crippen LogP contribution in [0, 0.1) is 0 Å². The number of esters is 1. The van der Waals surface area contributed by atoms with Crippen LogP contribution in [0.3, 0.4) is 0 Å². The molecule has 0 atom stereocenters. The topological polar surface area (TPSA) is 70.1 Å². The van der Waals surface area contributed by atoms with Crippen LogP contribution < -0.4 is 5.73 Å². The lowest BCUT2D eigenvalue weighted by molar-refractivity contribution is 0.00603. The predicted octanol–water partition coefficient (Wildman–Crippen LogP) is 0.958. The van der Waals surface area contributed by atoms with E-state index < -0.39 is 11.6 Å². The molecule has 0 spiro atoms. The smallest absolute Gasteiger partial charge is 0.359 e. The number of aryl methyl sites for hydroxylation is 1. The third-order valence-electron chi connectivity index (χ3n) is 1.56. The number of carbonyl (C=O) groups is 1. The number of hydrogen-bond donors (Lipinski definition) is 1. The van der Waals surface area contributed by atoms with Gasteiger partial charge < -0.3 is 15.0 Å². The van der Waals surface area contributed by atoms with Gasteiger partial charge in [0.25, 0.3) is 0 Å². The summed E-state index contributed by atoms with van der Waals surface area (Å²) in [6, 6.07) is 0. The summed E-state index contributed by atoms with van der Waals surface area (Å²) in [6.45, 7) is 5.41. The number of nitrogen functional groups attached to an aromatic ring is 1. The molecular formula is C9H15N3O2. The Kier molecular flexibility index (Phi) is 2.51. The average Bonchev–Trinajstić information content (AvgIpc) is 2.27. The van der Waals surface area contributed by atoms with Crippen molar-refractivity contribution in [2.45, 2.75) is 26.4 Å². The lowest BCUT2D eigenvalue weighted by atomic mass is 10.2. The van der Waals surface area contributed by atoms with Crippen LogP contribution in [0.5, 0.6) is 0 Å². The van der Waals surface area contributed by atoms with Crippen molar-refractivity contribution >= 4 is 11.8 Å². The SMILES string of the molecule is Cn1cnc(N)c1C(=O)OC(C)(C)C. The molecule has 0 saturated carbocycles. The third-order valence-corrected chi connectivity index (χ3v) is 1.56. The standard InChI is InChI=1S/C9H15N3O2/c1-9(2,3)14-8(13)6-7(10)11-5-12(6)4/h5H,10H2,1-4H3. The van der Waals surface area contributed by atoms with Crippen molar-refractivity contribution in [1.82, 2.24) is 9.55 Å². The first-order valence-electron chi connectivity index (χ1n) is 4.31. The Balaban J connectivity index is 2.90. The molecule has 1 rings (SSSR count). The molecule has 0 bridgehead atoms. The van der Waals surface area contributed by atoms with Gasteiger partial charge in [0.15, 0.2) is 11.5 Å². The Morgan fingerprint density at radius 3 is 2.50 bits per heavy atom. The van der Waals surface area contributed by atoms with Gasteiger partial charge in [0.1, 0.15) is 5.60 Å². The predicted molar refractivity (Wildman–Crippen MR) is 52.8 cm³/mol. The number of anilines is 1. The van der Waals surface area contributed by atoms with Gasteiger partial charge in [-0.3, -0.25) is 0 Å². The van der Waals surface area contributed by atoms with E-state index in [1.54, 1.807) is 32.4 Å². The second-order valence-corrected chi connectivity index (χ2v) is 4.09. The number of imidazole rings is 1. The molecule has 0 amide bonds. The Bertz CT molecular complexity index is 330. The summed E-state index contributed by atoms with van der Waals surface area (Å²) in [5, 5.41) is 0. The van der Waals surface area contributed by atoms with Gasteiger partial charge in [-0.2, -0.15) is 0 Å². The maximum absolute atomic E-state index is 11.6. The summed E-state index contributed by atoms with van der Waals surface area (Å²) in [6.07, 6.45) is 1.48. The maximum atomic E-state index is 11.6. The first-order chi connectivity index (χ1) is 6.31. The van der Waals surface area contributed by atoms with Crippen LogP contribution in [0.2, 0.25) is 0 Å². The van der Waals surface area contributed by atoms with E-state index in [2.05, 4.69) is 4.98 Å². The van der Waals surface area contributed by atoms with Crippen LogP contribution in [0.4, 0.5) is 5.82 Å². The van der Waals surface area contributed by atoms with Crippen LogP contribution in [-0.2, 0) is 11.8 Å². The minimum absolute atomic E-state index is 0.196. The van der Waals surface area contributed by atoms with Crippen molar-refractivity contribution in [1.29, 1.82) is 0 Å². The van der Waals surface area contributed by atoms with Gasteiger partial charge in [-0.25, -0.2) is 9.78 Å². The Morgan fingerprint density at radius 2 is 2.14 bits per heavy atom. The molecular weight excluding hydrogens is 182 g/mol. The monoisotopic (exact) mass is 197 g/mol. The molecule has 5 nitrogen and oxygen atoms in total. The molecule has 1 heterocycles. The zero-order valence-electron chi connectivity index (χ0n) is 8.87.